The molecule has 680 valence electrons. The van der Waals surface area contributed by atoms with Gasteiger partial charge in [0.15, 0.2) is 6.10 Å². The fourth-order valence-electron chi connectivity index (χ4n) is 12.5. The van der Waals surface area contributed by atoms with Crippen LogP contribution in [0.25, 0.3) is 0 Å². The number of carbonyl (C=O) groups is 3. The Bertz CT molecular complexity index is 2890. The van der Waals surface area contributed by atoms with Gasteiger partial charge in [-0.25, -0.2) is 9.13 Å². The van der Waals surface area contributed by atoms with Crippen LogP contribution < -0.4 is 0 Å². The van der Waals surface area contributed by atoms with Gasteiger partial charge in [0.2, 0.25) is 0 Å². The second-order valence-electron chi connectivity index (χ2n) is 31.0. The van der Waals surface area contributed by atoms with Gasteiger partial charge < -0.3 is 34.2 Å². The van der Waals surface area contributed by atoms with E-state index in [0.717, 1.165) is 180 Å². The van der Waals surface area contributed by atoms with Crippen LogP contribution in [0, 0.1) is 0 Å². The van der Waals surface area contributed by atoms with Gasteiger partial charge in [-0.1, -0.05) is 383 Å². The predicted molar refractivity (Wildman–Crippen MR) is 500 cm³/mol. The third-order valence-electron chi connectivity index (χ3n) is 19.6. The number of phosphoric ester groups is 2. The molecule has 5 unspecified atom stereocenters. The maximum atomic E-state index is 13.1. The Kier molecular flexibility index (Phi) is 87.7. The van der Waals surface area contributed by atoms with Gasteiger partial charge in [0, 0.05) is 19.3 Å². The molecule has 0 saturated carbocycles. The van der Waals surface area contributed by atoms with Gasteiger partial charge in [-0.15, -0.1) is 0 Å². The lowest BCUT2D eigenvalue weighted by atomic mass is 10.0. The summed E-state index contributed by atoms with van der Waals surface area (Å²) in [4.78, 5) is 59.1. The summed E-state index contributed by atoms with van der Waals surface area (Å²) in [6, 6.07) is 0. The first-order valence-electron chi connectivity index (χ1n) is 47.1. The van der Waals surface area contributed by atoms with Crippen LogP contribution in [0.1, 0.15) is 380 Å². The van der Waals surface area contributed by atoms with Crippen molar-refractivity contribution in [2.24, 2.45) is 0 Å². The topological polar surface area (TPSA) is 231 Å². The molecule has 0 aromatic carbocycles. The number of carbonyl (C=O) groups excluding carboxylic acids is 3. The lowest BCUT2D eigenvalue weighted by molar-refractivity contribution is -0.161. The zero-order chi connectivity index (χ0) is 86.5. The van der Waals surface area contributed by atoms with Crippen LogP contribution in [0.5, 0.6) is 0 Å². The largest absolute Gasteiger partial charge is 0.472 e. The zero-order valence-electron chi connectivity index (χ0n) is 75.0. The molecule has 119 heavy (non-hydrogen) atoms. The number of esters is 3. The normalized spacial score (nSPS) is 14.6. The molecule has 0 spiro atoms. The van der Waals surface area contributed by atoms with E-state index in [1.54, 1.807) is 0 Å². The van der Waals surface area contributed by atoms with E-state index in [0.29, 0.717) is 19.3 Å². The monoisotopic (exact) mass is 1700 g/mol. The third kappa shape index (κ3) is 93.2. The maximum Gasteiger partial charge on any atom is 0.472 e. The van der Waals surface area contributed by atoms with Crippen molar-refractivity contribution in [1.82, 2.24) is 0 Å². The molecule has 0 fully saturated rings. The third-order valence-corrected chi connectivity index (χ3v) is 21.5. The highest BCUT2D eigenvalue weighted by Gasteiger charge is 2.29. The average molecular weight is 1700 g/mol. The summed E-state index contributed by atoms with van der Waals surface area (Å²) in [6.45, 7) is 2.46. The standard InChI is InChI=1S/C101H170O16P2/c1-4-7-10-13-16-19-22-25-28-31-34-37-40-43-45-46-47-48-50-53-54-57-60-63-66-69-72-75-78-81-84-87-99(104)111-90-96(102)91-113-118(107,108)114-92-97(103)93-115-119(109,110)116-95-98(117-101(106)89-86-83-80-77-74-71-68-65-62-59-56-51-42-39-36-33-30-27-24-21-18-15-12-9-6-3)94-112-100(105)88-85-82-79-76-73-70-67-64-61-58-55-52-49-44-41-38-35-32-29-26-23-20-17-14-11-8-5-2/h7,9-10,12,16-21,25-30,34-39,43-45,47-49,51,56,96-98,102-103H,4-6,8,11,13-15,22-24,31-33,40-42,46,50,52-55,57-95H2,1-3H3,(H,107,108)(H,109,110)/b10-7-,12-9-,19-16-,20-17-,21-18-,28-25-,29-26-,30-27-,37-34-,38-35-,39-36-,45-43-,48-47-,49-44-,56-51-. The van der Waals surface area contributed by atoms with Crippen molar-refractivity contribution in [1.29, 1.82) is 0 Å². The number of ether oxygens (including phenoxy) is 3. The van der Waals surface area contributed by atoms with E-state index < -0.39 is 91.5 Å². The van der Waals surface area contributed by atoms with Crippen LogP contribution in [-0.2, 0) is 55.8 Å². The number of rotatable bonds is 88. The Morgan fingerprint density at radius 1 is 0.244 bits per heavy atom. The molecule has 0 rings (SSSR count). The molecule has 0 aliphatic heterocycles. The van der Waals surface area contributed by atoms with Crippen molar-refractivity contribution in [3.63, 3.8) is 0 Å². The zero-order valence-corrected chi connectivity index (χ0v) is 76.8. The molecule has 0 heterocycles. The van der Waals surface area contributed by atoms with Crippen molar-refractivity contribution in [3.05, 3.63) is 182 Å². The molecule has 0 aromatic rings. The van der Waals surface area contributed by atoms with Crippen LogP contribution >= 0.6 is 15.6 Å². The van der Waals surface area contributed by atoms with E-state index in [4.69, 9.17) is 32.3 Å². The Morgan fingerprint density at radius 2 is 0.445 bits per heavy atom. The van der Waals surface area contributed by atoms with Gasteiger partial charge >= 0.3 is 33.6 Å². The minimum absolute atomic E-state index is 0.0914. The summed E-state index contributed by atoms with van der Waals surface area (Å²) < 4.78 is 61.6. The molecular formula is C101H170O16P2. The number of allylic oxidation sites excluding steroid dienone is 30. The number of hydrogen-bond donors (Lipinski definition) is 4. The van der Waals surface area contributed by atoms with Gasteiger partial charge in [-0.2, -0.15) is 0 Å². The smallest absolute Gasteiger partial charge is 0.463 e. The second kappa shape index (κ2) is 91.8. The first kappa shape index (κ1) is 114. The fraction of sp³-hybridized carbons (Fsp3) is 0.673. The first-order chi connectivity index (χ1) is 58.2. The number of aliphatic hydroxyl groups is 2. The summed E-state index contributed by atoms with van der Waals surface area (Å²) >= 11 is 0. The van der Waals surface area contributed by atoms with E-state index in [9.17, 15) is 43.5 Å². The van der Waals surface area contributed by atoms with Crippen molar-refractivity contribution in [3.8, 4) is 0 Å². The summed E-state index contributed by atoms with van der Waals surface area (Å²) in [7, 11) is -9.82. The lowest BCUT2D eigenvalue weighted by Gasteiger charge is -2.21. The minimum atomic E-state index is -4.95. The van der Waals surface area contributed by atoms with E-state index >= 15 is 0 Å². The molecule has 0 aliphatic carbocycles. The number of unbranched alkanes of at least 4 members (excludes halogenated alkanes) is 35. The van der Waals surface area contributed by atoms with E-state index in [1.165, 1.54) is 141 Å². The van der Waals surface area contributed by atoms with Gasteiger partial charge in [0.05, 0.1) is 26.4 Å². The molecule has 0 aliphatic rings. The van der Waals surface area contributed by atoms with Crippen molar-refractivity contribution >= 4 is 33.6 Å². The van der Waals surface area contributed by atoms with Gasteiger partial charge in [0.1, 0.15) is 25.4 Å². The molecular weight excluding hydrogens is 1530 g/mol. The minimum Gasteiger partial charge on any atom is -0.463 e. The van der Waals surface area contributed by atoms with Crippen molar-refractivity contribution in [2.45, 2.75) is 399 Å². The van der Waals surface area contributed by atoms with Crippen LogP contribution in [0.4, 0.5) is 0 Å². The summed E-state index contributed by atoms with van der Waals surface area (Å²) in [5, 5.41) is 20.8. The lowest BCUT2D eigenvalue weighted by Crippen LogP contribution is -2.30. The second-order valence-corrected chi connectivity index (χ2v) is 34.0. The van der Waals surface area contributed by atoms with Crippen LogP contribution in [0.2, 0.25) is 0 Å². The average Bonchev–Trinajstić information content (AvgIpc) is 0.905. The Labute approximate surface area is 725 Å². The van der Waals surface area contributed by atoms with Gasteiger partial charge in [-0.05, 0) is 161 Å². The quantitative estimate of drug-likeness (QED) is 0.0146. The molecule has 5 atom stereocenters. The van der Waals surface area contributed by atoms with Gasteiger partial charge in [0.25, 0.3) is 0 Å². The Hall–Kier alpha value is -5.35. The molecule has 0 saturated heterocycles. The highest BCUT2D eigenvalue weighted by Crippen LogP contribution is 2.45. The Balaban J connectivity index is 4.65. The fourth-order valence-corrected chi connectivity index (χ4v) is 14.1. The molecule has 0 amide bonds. The highest BCUT2D eigenvalue weighted by atomic mass is 31.2. The van der Waals surface area contributed by atoms with E-state index in [1.807, 2.05) is 0 Å². The van der Waals surface area contributed by atoms with Crippen molar-refractivity contribution < 1.29 is 75.8 Å². The molecule has 0 radical (unpaired) electrons. The van der Waals surface area contributed by atoms with Crippen LogP contribution in [0.15, 0.2) is 182 Å². The van der Waals surface area contributed by atoms with E-state index in [2.05, 4.69) is 203 Å². The van der Waals surface area contributed by atoms with E-state index in [-0.39, 0.29) is 19.3 Å². The summed E-state index contributed by atoms with van der Waals surface area (Å²) in [5.74, 6) is -1.58. The molecule has 0 aromatic heterocycles. The maximum absolute atomic E-state index is 13.1. The highest BCUT2D eigenvalue weighted by molar-refractivity contribution is 7.47. The number of aliphatic hydroxyl groups excluding tert-OH is 2. The number of hydrogen-bond acceptors (Lipinski definition) is 14. The number of phosphoric acid groups is 2. The molecule has 18 heteroatoms. The van der Waals surface area contributed by atoms with Crippen molar-refractivity contribution in [2.75, 3.05) is 39.6 Å². The SMILES string of the molecule is CC/C=C\C/C=C\C/C=C\C/C=C\C/C=C\C/C=C\CCCCCCCCCCCCCCC(=O)OCC(O)COP(=O)(O)OCC(O)COP(=O)(O)OCC(COC(=O)CCCCCCCCCCCCC/C=C\C/C=C\C/C=C\C/C=C\CCCCC)OC(=O)CCCCCCCCCCC/C=C\C/C=C\C/C=C\C/C=C\C/C=C\CC. The summed E-state index contributed by atoms with van der Waals surface area (Å²) in [6.07, 6.45) is 121. The summed E-state index contributed by atoms with van der Waals surface area (Å²) in [5.41, 5.74) is 0. The molecule has 16 nitrogen and oxygen atoms in total. The molecule has 4 N–H and O–H groups in total. The molecule has 0 bridgehead atoms. The predicted octanol–water partition coefficient (Wildman–Crippen LogP) is 29.2. The van der Waals surface area contributed by atoms with Gasteiger partial charge in [-0.3, -0.25) is 32.5 Å². The van der Waals surface area contributed by atoms with Crippen LogP contribution in [-0.4, -0.2) is 95.9 Å². The first-order valence-corrected chi connectivity index (χ1v) is 50.1. The Morgan fingerprint density at radius 3 is 0.706 bits per heavy atom. The van der Waals surface area contributed by atoms with Crippen LogP contribution in [0.3, 0.4) is 0 Å².